The van der Waals surface area contributed by atoms with Crippen LogP contribution in [0.4, 0.5) is 18.9 Å². The molecule has 0 heterocycles. The predicted octanol–water partition coefficient (Wildman–Crippen LogP) is 3.69. The van der Waals surface area contributed by atoms with Gasteiger partial charge in [0.2, 0.25) is 5.91 Å². The quantitative estimate of drug-likeness (QED) is 0.894. The summed E-state index contributed by atoms with van der Waals surface area (Å²) in [7, 11) is 0. The van der Waals surface area contributed by atoms with Crippen LogP contribution in [0.1, 0.15) is 26.3 Å². The largest absolute Gasteiger partial charge is 0.418 e. The molecule has 0 aliphatic rings. The van der Waals surface area contributed by atoms with Crippen LogP contribution in [0, 0.1) is 0 Å². The Hall–Kier alpha value is -1.43. The van der Waals surface area contributed by atoms with Crippen LogP contribution in [0.5, 0.6) is 0 Å². The lowest BCUT2D eigenvalue weighted by Crippen LogP contribution is -2.43. The Morgan fingerprint density at radius 2 is 1.85 bits per heavy atom. The molecule has 20 heavy (non-hydrogen) atoms. The molecule has 0 atom stereocenters. The van der Waals surface area contributed by atoms with E-state index in [0.717, 1.165) is 6.07 Å². The van der Waals surface area contributed by atoms with Crippen molar-refractivity contribution in [3.8, 4) is 0 Å². The van der Waals surface area contributed by atoms with Crippen LogP contribution < -0.4 is 10.6 Å². The van der Waals surface area contributed by atoms with Crippen molar-refractivity contribution in [2.45, 2.75) is 32.5 Å². The van der Waals surface area contributed by atoms with Crippen molar-refractivity contribution in [1.29, 1.82) is 0 Å². The highest BCUT2D eigenvalue weighted by molar-refractivity contribution is 6.33. The number of carbonyl (C=O) groups is 1. The number of benzene rings is 1. The first-order valence-electron chi connectivity index (χ1n) is 5.91. The molecule has 1 aromatic rings. The highest BCUT2D eigenvalue weighted by Crippen LogP contribution is 2.38. The maximum absolute atomic E-state index is 12.8. The molecular formula is C13H16ClF3N2O. The molecule has 7 heteroatoms. The van der Waals surface area contributed by atoms with E-state index in [-0.39, 0.29) is 17.3 Å². The van der Waals surface area contributed by atoms with E-state index in [4.69, 9.17) is 11.6 Å². The van der Waals surface area contributed by atoms with Gasteiger partial charge in [0, 0.05) is 5.54 Å². The average Bonchev–Trinajstić information content (AvgIpc) is 2.23. The molecule has 0 fully saturated rings. The molecule has 0 unspecified atom stereocenters. The minimum Gasteiger partial charge on any atom is -0.374 e. The van der Waals surface area contributed by atoms with Crippen LogP contribution in [-0.2, 0) is 11.0 Å². The van der Waals surface area contributed by atoms with Crippen molar-refractivity contribution in [1.82, 2.24) is 5.32 Å². The molecule has 0 aliphatic carbocycles. The summed E-state index contributed by atoms with van der Waals surface area (Å²) < 4.78 is 38.5. The van der Waals surface area contributed by atoms with E-state index in [2.05, 4.69) is 10.6 Å². The van der Waals surface area contributed by atoms with Gasteiger partial charge in [0.05, 0.1) is 22.8 Å². The van der Waals surface area contributed by atoms with Crippen LogP contribution in [0.3, 0.4) is 0 Å². The number of hydrogen-bond acceptors (Lipinski definition) is 2. The third-order valence-electron chi connectivity index (χ3n) is 2.26. The molecule has 0 saturated carbocycles. The van der Waals surface area contributed by atoms with Gasteiger partial charge in [0.1, 0.15) is 0 Å². The minimum absolute atomic E-state index is 0.0802. The topological polar surface area (TPSA) is 41.1 Å². The number of alkyl halides is 3. The lowest BCUT2D eigenvalue weighted by molar-refractivity contribution is -0.137. The summed E-state index contributed by atoms with van der Waals surface area (Å²) in [6.07, 6.45) is -4.53. The molecular weight excluding hydrogens is 293 g/mol. The zero-order valence-corrected chi connectivity index (χ0v) is 12.1. The lowest BCUT2D eigenvalue weighted by Gasteiger charge is -2.21. The molecule has 0 aromatic heterocycles. The van der Waals surface area contributed by atoms with Crippen molar-refractivity contribution in [3.05, 3.63) is 28.8 Å². The lowest BCUT2D eigenvalue weighted by atomic mass is 10.1. The number of rotatable bonds is 3. The highest BCUT2D eigenvalue weighted by Gasteiger charge is 2.34. The fraction of sp³-hybridized carbons (Fsp3) is 0.462. The van der Waals surface area contributed by atoms with Gasteiger partial charge < -0.3 is 10.6 Å². The van der Waals surface area contributed by atoms with Crippen molar-refractivity contribution < 1.29 is 18.0 Å². The van der Waals surface area contributed by atoms with Gasteiger partial charge in [-0.15, -0.1) is 0 Å². The van der Waals surface area contributed by atoms with Crippen LogP contribution in [0.15, 0.2) is 18.2 Å². The van der Waals surface area contributed by atoms with Crippen LogP contribution in [0.25, 0.3) is 0 Å². The molecule has 0 aliphatic heterocycles. The fourth-order valence-electron chi connectivity index (χ4n) is 1.57. The van der Waals surface area contributed by atoms with E-state index < -0.39 is 23.2 Å². The molecule has 0 bridgehead atoms. The molecule has 0 radical (unpaired) electrons. The summed E-state index contributed by atoms with van der Waals surface area (Å²) in [6.45, 7) is 5.05. The Kier molecular flexibility index (Phi) is 4.91. The molecule has 1 aromatic carbocycles. The first-order valence-corrected chi connectivity index (χ1v) is 6.29. The van der Waals surface area contributed by atoms with Crippen LogP contribution in [-0.4, -0.2) is 18.0 Å². The van der Waals surface area contributed by atoms with Gasteiger partial charge in [0.25, 0.3) is 0 Å². The molecule has 1 rings (SSSR count). The van der Waals surface area contributed by atoms with Crippen LogP contribution in [0.2, 0.25) is 5.02 Å². The van der Waals surface area contributed by atoms with Gasteiger partial charge in [-0.2, -0.15) is 13.2 Å². The summed E-state index contributed by atoms with van der Waals surface area (Å²) in [4.78, 5) is 11.6. The number of halogens is 4. The first kappa shape index (κ1) is 16.6. The van der Waals surface area contributed by atoms with Gasteiger partial charge >= 0.3 is 6.18 Å². The van der Waals surface area contributed by atoms with Crippen molar-refractivity contribution in [3.63, 3.8) is 0 Å². The molecule has 1 amide bonds. The number of hydrogen-bond donors (Lipinski definition) is 2. The molecule has 2 N–H and O–H groups in total. The normalized spacial score (nSPS) is 12.2. The minimum atomic E-state index is -4.53. The van der Waals surface area contributed by atoms with E-state index in [1.54, 1.807) is 20.8 Å². The fourth-order valence-corrected chi connectivity index (χ4v) is 1.81. The number of nitrogens with one attached hydrogen (secondary N) is 2. The zero-order valence-electron chi connectivity index (χ0n) is 11.4. The summed E-state index contributed by atoms with van der Waals surface area (Å²) in [5, 5.41) is 5.01. The monoisotopic (exact) mass is 308 g/mol. The maximum atomic E-state index is 12.8. The average molecular weight is 309 g/mol. The molecule has 3 nitrogen and oxygen atoms in total. The third kappa shape index (κ3) is 4.92. The Morgan fingerprint density at radius 3 is 2.35 bits per heavy atom. The van der Waals surface area contributed by atoms with Gasteiger partial charge in [0.15, 0.2) is 0 Å². The van der Waals surface area contributed by atoms with E-state index in [1.165, 1.54) is 12.1 Å². The van der Waals surface area contributed by atoms with E-state index in [9.17, 15) is 18.0 Å². The smallest absolute Gasteiger partial charge is 0.374 e. The molecule has 0 spiro atoms. The first-order chi connectivity index (χ1) is 9.00. The van der Waals surface area contributed by atoms with Gasteiger partial charge in [-0.05, 0) is 32.9 Å². The summed E-state index contributed by atoms with van der Waals surface area (Å²) in [6, 6.07) is 3.46. The van der Waals surface area contributed by atoms with Gasteiger partial charge in [-0.25, -0.2) is 0 Å². The number of amides is 1. The number of carbonyl (C=O) groups excluding carboxylic acids is 1. The van der Waals surface area contributed by atoms with E-state index in [1.807, 2.05) is 0 Å². The van der Waals surface area contributed by atoms with Crippen molar-refractivity contribution >= 4 is 23.2 Å². The molecule has 0 saturated heterocycles. The summed E-state index contributed by atoms with van der Waals surface area (Å²) in [5.41, 5.74) is -1.63. The van der Waals surface area contributed by atoms with Gasteiger partial charge in [-0.3, -0.25) is 4.79 Å². The zero-order chi connectivity index (χ0) is 15.6. The number of para-hydroxylation sites is 1. The SMILES string of the molecule is CC(C)(C)NC(=O)CNc1c(Cl)cccc1C(F)(F)F. The maximum Gasteiger partial charge on any atom is 0.418 e. The summed E-state index contributed by atoms with van der Waals surface area (Å²) in [5.74, 6) is -0.412. The number of anilines is 1. The highest BCUT2D eigenvalue weighted by atomic mass is 35.5. The van der Waals surface area contributed by atoms with Crippen LogP contribution >= 0.6 is 11.6 Å². The second-order valence-corrected chi connectivity index (χ2v) is 5.72. The second kappa shape index (κ2) is 5.91. The Morgan fingerprint density at radius 1 is 1.25 bits per heavy atom. The summed E-state index contributed by atoms with van der Waals surface area (Å²) >= 11 is 5.76. The van der Waals surface area contributed by atoms with Crippen molar-refractivity contribution in [2.75, 3.05) is 11.9 Å². The molecule has 112 valence electrons. The standard InChI is InChI=1S/C13H16ClF3N2O/c1-12(2,3)19-10(20)7-18-11-8(13(15,16)17)5-4-6-9(11)14/h4-6,18H,7H2,1-3H3,(H,19,20). The predicted molar refractivity (Wildman–Crippen MR) is 72.8 cm³/mol. The Labute approximate surface area is 120 Å². The van der Waals surface area contributed by atoms with Crippen molar-refractivity contribution in [2.24, 2.45) is 0 Å². The second-order valence-electron chi connectivity index (χ2n) is 5.31. The van der Waals surface area contributed by atoms with E-state index >= 15 is 0 Å². The Balaban J connectivity index is 2.86. The van der Waals surface area contributed by atoms with E-state index in [0.29, 0.717) is 0 Å². The van der Waals surface area contributed by atoms with Gasteiger partial charge in [-0.1, -0.05) is 17.7 Å². The Bertz CT molecular complexity index is 495. The third-order valence-corrected chi connectivity index (χ3v) is 2.57.